The fraction of sp³-hybridized carbons (Fsp3) is 0.400. The molecule has 0 saturated carbocycles. The first-order valence-corrected chi connectivity index (χ1v) is 8.65. The first-order valence-electron chi connectivity index (χ1n) is 8.65. The van der Waals surface area contributed by atoms with Crippen LogP contribution in [0.1, 0.15) is 41.3 Å². The van der Waals surface area contributed by atoms with Crippen molar-refractivity contribution >= 4 is 16.8 Å². The van der Waals surface area contributed by atoms with Crippen LogP contribution in [0.3, 0.4) is 0 Å². The lowest BCUT2D eigenvalue weighted by Gasteiger charge is -2.27. The highest BCUT2D eigenvalue weighted by atomic mass is 16.2. The second kappa shape index (κ2) is 6.39. The zero-order chi connectivity index (χ0) is 18.3. The van der Waals surface area contributed by atoms with Gasteiger partial charge in [-0.25, -0.2) is 0 Å². The van der Waals surface area contributed by atoms with E-state index in [1.165, 1.54) is 0 Å². The monoisotopic (exact) mass is 338 g/mol. The molecule has 0 N–H and O–H groups in total. The van der Waals surface area contributed by atoms with Gasteiger partial charge in [0.05, 0.1) is 5.69 Å². The molecule has 0 atom stereocenters. The number of nitrogens with zero attached hydrogens (tertiary/aromatic N) is 4. The third-order valence-electron chi connectivity index (χ3n) is 5.04. The van der Waals surface area contributed by atoms with Crippen LogP contribution < -0.4 is 0 Å². The number of aryl methyl sites for hydroxylation is 3. The van der Waals surface area contributed by atoms with Crippen molar-refractivity contribution in [3.63, 3.8) is 0 Å². The van der Waals surface area contributed by atoms with Gasteiger partial charge in [0.2, 0.25) is 0 Å². The first-order chi connectivity index (χ1) is 11.8. The Morgan fingerprint density at radius 3 is 2.44 bits per heavy atom. The number of carbonyl (C=O) groups excluding carboxylic acids is 1. The molecule has 0 unspecified atom stereocenters. The van der Waals surface area contributed by atoms with Crippen molar-refractivity contribution in [1.82, 2.24) is 19.2 Å². The largest absolute Gasteiger partial charge is 0.340 e. The molecule has 0 radical (unpaired) electrons. The molecular weight excluding hydrogens is 312 g/mol. The van der Waals surface area contributed by atoms with Crippen molar-refractivity contribution in [2.75, 3.05) is 0 Å². The molecule has 3 aromatic rings. The molecule has 0 aliphatic carbocycles. The zero-order valence-electron chi connectivity index (χ0n) is 15.9. The van der Waals surface area contributed by atoms with Gasteiger partial charge in [0.1, 0.15) is 5.69 Å². The van der Waals surface area contributed by atoms with E-state index >= 15 is 0 Å². The highest BCUT2D eigenvalue weighted by Crippen LogP contribution is 2.23. The van der Waals surface area contributed by atoms with Gasteiger partial charge in [-0.1, -0.05) is 18.2 Å². The molecule has 5 heteroatoms. The lowest BCUT2D eigenvalue weighted by molar-refractivity contribution is 0.0680. The number of amides is 1. The fourth-order valence-corrected chi connectivity index (χ4v) is 3.35. The maximum absolute atomic E-state index is 13.3. The quantitative estimate of drug-likeness (QED) is 0.730. The summed E-state index contributed by atoms with van der Waals surface area (Å²) in [5, 5.41) is 5.57. The van der Waals surface area contributed by atoms with E-state index in [-0.39, 0.29) is 11.9 Å². The van der Waals surface area contributed by atoms with Crippen LogP contribution in [-0.2, 0) is 20.6 Å². The van der Waals surface area contributed by atoms with Crippen LogP contribution >= 0.6 is 0 Å². The number of hydrogen-bond acceptors (Lipinski definition) is 2. The van der Waals surface area contributed by atoms with Gasteiger partial charge in [-0.15, -0.1) is 0 Å². The van der Waals surface area contributed by atoms with Crippen LogP contribution in [0.2, 0.25) is 0 Å². The molecule has 1 aromatic carbocycles. The van der Waals surface area contributed by atoms with E-state index in [0.717, 1.165) is 27.9 Å². The molecule has 0 fully saturated rings. The summed E-state index contributed by atoms with van der Waals surface area (Å²) >= 11 is 0. The van der Waals surface area contributed by atoms with E-state index in [4.69, 9.17) is 0 Å². The van der Waals surface area contributed by atoms with Crippen molar-refractivity contribution < 1.29 is 4.79 Å². The summed E-state index contributed by atoms with van der Waals surface area (Å²) in [5.74, 6) is 0.0522. The number of benzene rings is 1. The smallest absolute Gasteiger partial charge is 0.271 e. The second-order valence-electron chi connectivity index (χ2n) is 6.95. The van der Waals surface area contributed by atoms with Gasteiger partial charge in [-0.2, -0.15) is 5.10 Å². The Labute approximate surface area is 148 Å². The van der Waals surface area contributed by atoms with E-state index in [1.54, 1.807) is 0 Å². The Morgan fingerprint density at radius 2 is 1.88 bits per heavy atom. The third-order valence-corrected chi connectivity index (χ3v) is 5.04. The summed E-state index contributed by atoms with van der Waals surface area (Å²) in [4.78, 5) is 15.2. The van der Waals surface area contributed by atoms with Gasteiger partial charge in [-0.3, -0.25) is 9.48 Å². The molecular formula is C20H26N4O. The molecule has 2 aromatic heterocycles. The van der Waals surface area contributed by atoms with Crippen LogP contribution in [0.25, 0.3) is 10.9 Å². The average Bonchev–Trinajstić information content (AvgIpc) is 3.02. The minimum atomic E-state index is 0.0522. The topological polar surface area (TPSA) is 43.1 Å². The van der Waals surface area contributed by atoms with E-state index in [0.29, 0.717) is 12.2 Å². The number of fused-ring (bicyclic) bond motifs is 1. The molecule has 1 amide bonds. The van der Waals surface area contributed by atoms with Crippen molar-refractivity contribution in [2.45, 2.75) is 40.3 Å². The van der Waals surface area contributed by atoms with Crippen molar-refractivity contribution in [3.8, 4) is 0 Å². The minimum absolute atomic E-state index is 0.0522. The summed E-state index contributed by atoms with van der Waals surface area (Å²) < 4.78 is 3.86. The maximum atomic E-state index is 13.3. The number of para-hydroxylation sites is 1. The van der Waals surface area contributed by atoms with Gasteiger partial charge in [0.25, 0.3) is 5.91 Å². The molecule has 3 rings (SSSR count). The van der Waals surface area contributed by atoms with Gasteiger partial charge in [0, 0.05) is 48.8 Å². The predicted octanol–water partition coefficient (Wildman–Crippen LogP) is 3.58. The minimum Gasteiger partial charge on any atom is -0.340 e. The Hall–Kier alpha value is -2.56. The Kier molecular flexibility index (Phi) is 4.41. The maximum Gasteiger partial charge on any atom is 0.271 e. The summed E-state index contributed by atoms with van der Waals surface area (Å²) in [6.07, 6.45) is 0. The number of rotatable bonds is 4. The third kappa shape index (κ3) is 2.95. The molecule has 0 saturated heterocycles. The highest BCUT2D eigenvalue weighted by molar-refractivity contribution is 5.98. The molecule has 0 spiro atoms. The molecule has 0 aliphatic rings. The molecule has 5 nitrogen and oxygen atoms in total. The van der Waals surface area contributed by atoms with E-state index < -0.39 is 0 Å². The molecule has 132 valence electrons. The SMILES string of the molecule is Cc1nn(C)c(C)c1CN(C(=O)c1cc2ccccc2n1C)C(C)C. The van der Waals surface area contributed by atoms with Crippen LogP contribution in [0.4, 0.5) is 0 Å². The summed E-state index contributed by atoms with van der Waals surface area (Å²) in [6.45, 7) is 8.74. The Bertz CT molecular complexity index is 933. The number of carbonyl (C=O) groups is 1. The normalized spacial score (nSPS) is 11.5. The van der Waals surface area contributed by atoms with Crippen LogP contribution in [0.5, 0.6) is 0 Å². The van der Waals surface area contributed by atoms with Crippen molar-refractivity contribution in [3.05, 3.63) is 53.0 Å². The standard InChI is InChI=1S/C20H26N4O/c1-13(2)24(12-17-14(3)21-23(6)15(17)4)20(25)19-11-16-9-7-8-10-18(16)22(19)5/h7-11,13H,12H2,1-6H3. The van der Waals surface area contributed by atoms with Crippen LogP contribution in [0.15, 0.2) is 30.3 Å². The Morgan fingerprint density at radius 1 is 1.20 bits per heavy atom. The van der Waals surface area contributed by atoms with Crippen LogP contribution in [0, 0.1) is 13.8 Å². The lowest BCUT2D eigenvalue weighted by Crippen LogP contribution is -2.37. The first kappa shape index (κ1) is 17.3. The zero-order valence-corrected chi connectivity index (χ0v) is 15.9. The van der Waals surface area contributed by atoms with Gasteiger partial charge >= 0.3 is 0 Å². The summed E-state index contributed by atoms with van der Waals surface area (Å²) in [6, 6.07) is 10.2. The van der Waals surface area contributed by atoms with Gasteiger partial charge in [0.15, 0.2) is 0 Å². The fourth-order valence-electron chi connectivity index (χ4n) is 3.35. The predicted molar refractivity (Wildman–Crippen MR) is 101 cm³/mol. The van der Waals surface area contributed by atoms with Gasteiger partial charge < -0.3 is 9.47 Å². The average molecular weight is 338 g/mol. The Balaban J connectivity index is 1.99. The molecule has 0 aliphatic heterocycles. The van der Waals surface area contributed by atoms with Crippen molar-refractivity contribution in [2.24, 2.45) is 14.1 Å². The summed E-state index contributed by atoms with van der Waals surface area (Å²) in [5.41, 5.74) is 5.00. The molecule has 25 heavy (non-hydrogen) atoms. The van der Waals surface area contributed by atoms with Crippen LogP contribution in [-0.4, -0.2) is 31.2 Å². The van der Waals surface area contributed by atoms with E-state index in [2.05, 4.69) is 25.9 Å². The molecule has 0 bridgehead atoms. The van der Waals surface area contributed by atoms with Crippen molar-refractivity contribution in [1.29, 1.82) is 0 Å². The number of hydrogen-bond donors (Lipinski definition) is 0. The summed E-state index contributed by atoms with van der Waals surface area (Å²) in [7, 11) is 3.89. The molecule has 2 heterocycles. The second-order valence-corrected chi connectivity index (χ2v) is 6.95. The highest BCUT2D eigenvalue weighted by Gasteiger charge is 2.24. The van der Waals surface area contributed by atoms with E-state index in [1.807, 2.05) is 65.5 Å². The van der Waals surface area contributed by atoms with E-state index in [9.17, 15) is 4.79 Å². The lowest BCUT2D eigenvalue weighted by atomic mass is 10.1. The van der Waals surface area contributed by atoms with Gasteiger partial charge in [-0.05, 0) is 39.8 Å². The number of aromatic nitrogens is 3.